The molecule has 1 unspecified atom stereocenters. The Kier molecular flexibility index (Phi) is 3.34. The van der Waals surface area contributed by atoms with Crippen molar-refractivity contribution in [2.75, 3.05) is 0 Å². The van der Waals surface area contributed by atoms with Crippen LogP contribution in [0.4, 0.5) is 0 Å². The van der Waals surface area contributed by atoms with Crippen molar-refractivity contribution in [2.24, 2.45) is 0 Å². The van der Waals surface area contributed by atoms with Crippen molar-refractivity contribution in [2.45, 2.75) is 32.0 Å². The maximum absolute atomic E-state index is 11.1. The molecule has 0 saturated carbocycles. The Morgan fingerprint density at radius 2 is 2.00 bits per heavy atom. The number of aliphatic hydroxyl groups is 2. The highest BCUT2D eigenvalue weighted by molar-refractivity contribution is 5.79. The van der Waals surface area contributed by atoms with E-state index in [1.807, 2.05) is 0 Å². The van der Waals surface area contributed by atoms with E-state index in [1.165, 1.54) is 26.0 Å². The molecule has 0 radical (unpaired) electrons. The first-order chi connectivity index (χ1) is 8.77. The minimum absolute atomic E-state index is 0.0786. The van der Waals surface area contributed by atoms with Gasteiger partial charge in [0.15, 0.2) is 0 Å². The molecule has 1 aromatic carbocycles. The smallest absolute Gasteiger partial charge is 0.336 e. The summed E-state index contributed by atoms with van der Waals surface area (Å²) in [6, 6.07) is 5.84. The summed E-state index contributed by atoms with van der Waals surface area (Å²) in [5.74, 6) is -0.0786. The van der Waals surface area contributed by atoms with E-state index in [-0.39, 0.29) is 17.8 Å². The standard InChI is InChI=1S/C14H16O5/c1-14(2,18)12(16)6-9-5-8-3-4-13(17)19-11(8)7-10(9)15/h3-5,7,12,15-16,18H,6H2,1-2H3. The molecule has 3 N–H and O–H groups in total. The number of phenolic OH excluding ortho intramolecular Hbond substituents is 1. The molecule has 19 heavy (non-hydrogen) atoms. The minimum atomic E-state index is -1.26. The molecule has 0 amide bonds. The molecule has 5 heteroatoms. The van der Waals surface area contributed by atoms with Crippen LogP contribution < -0.4 is 5.63 Å². The van der Waals surface area contributed by atoms with Gasteiger partial charge in [-0.05, 0) is 31.5 Å². The van der Waals surface area contributed by atoms with E-state index in [9.17, 15) is 20.1 Å². The molecular formula is C14H16O5. The summed E-state index contributed by atoms with van der Waals surface area (Å²) in [7, 11) is 0. The number of aliphatic hydroxyl groups excluding tert-OH is 1. The molecule has 0 bridgehead atoms. The maximum atomic E-state index is 11.1. The zero-order chi connectivity index (χ0) is 14.2. The summed E-state index contributed by atoms with van der Waals surface area (Å²) in [6.45, 7) is 2.99. The lowest BCUT2D eigenvalue weighted by atomic mass is 9.94. The van der Waals surface area contributed by atoms with Gasteiger partial charge in [-0.1, -0.05) is 0 Å². The summed E-state index contributed by atoms with van der Waals surface area (Å²) in [5.41, 5.74) is -0.983. The Balaban J connectivity index is 2.42. The molecule has 2 aromatic rings. The fraction of sp³-hybridized carbons (Fsp3) is 0.357. The van der Waals surface area contributed by atoms with Crippen LogP contribution in [0.3, 0.4) is 0 Å². The van der Waals surface area contributed by atoms with E-state index >= 15 is 0 Å². The summed E-state index contributed by atoms with van der Waals surface area (Å²) in [5, 5.41) is 30.0. The van der Waals surface area contributed by atoms with Crippen molar-refractivity contribution in [3.63, 3.8) is 0 Å². The molecule has 0 aliphatic rings. The van der Waals surface area contributed by atoms with Gasteiger partial charge in [0.25, 0.3) is 0 Å². The molecule has 1 atom stereocenters. The largest absolute Gasteiger partial charge is 0.508 e. The van der Waals surface area contributed by atoms with E-state index in [0.717, 1.165) is 0 Å². The summed E-state index contributed by atoms with van der Waals surface area (Å²) in [4.78, 5) is 11.1. The number of benzene rings is 1. The topological polar surface area (TPSA) is 90.9 Å². The Morgan fingerprint density at radius 3 is 2.63 bits per heavy atom. The maximum Gasteiger partial charge on any atom is 0.336 e. The monoisotopic (exact) mass is 264 g/mol. The third kappa shape index (κ3) is 2.94. The molecular weight excluding hydrogens is 248 g/mol. The number of rotatable bonds is 3. The normalized spacial score (nSPS) is 13.7. The van der Waals surface area contributed by atoms with Gasteiger partial charge in [-0.3, -0.25) is 0 Å². The van der Waals surface area contributed by atoms with E-state index in [2.05, 4.69) is 0 Å². The summed E-state index contributed by atoms with van der Waals surface area (Å²) < 4.78 is 4.94. The Labute approximate surface area is 109 Å². The lowest BCUT2D eigenvalue weighted by molar-refractivity contribution is -0.0471. The number of aromatic hydroxyl groups is 1. The van der Waals surface area contributed by atoms with E-state index in [1.54, 1.807) is 12.1 Å². The fourth-order valence-corrected chi connectivity index (χ4v) is 1.77. The van der Waals surface area contributed by atoms with Gasteiger partial charge in [-0.25, -0.2) is 4.79 Å². The van der Waals surface area contributed by atoms with Crippen molar-refractivity contribution < 1.29 is 19.7 Å². The Hall–Kier alpha value is -1.85. The fourth-order valence-electron chi connectivity index (χ4n) is 1.77. The second-order valence-corrected chi connectivity index (χ2v) is 5.15. The van der Waals surface area contributed by atoms with Gasteiger partial charge in [0.05, 0.1) is 11.7 Å². The van der Waals surface area contributed by atoms with Gasteiger partial charge in [0.2, 0.25) is 0 Å². The molecule has 5 nitrogen and oxygen atoms in total. The van der Waals surface area contributed by atoms with Crippen LogP contribution in [-0.2, 0) is 6.42 Å². The SMILES string of the molecule is CC(C)(O)C(O)Cc1cc2ccc(=O)oc2cc1O. The van der Waals surface area contributed by atoms with E-state index in [4.69, 9.17) is 4.42 Å². The highest BCUT2D eigenvalue weighted by atomic mass is 16.4. The van der Waals surface area contributed by atoms with Crippen LogP contribution in [0.25, 0.3) is 11.0 Å². The van der Waals surface area contributed by atoms with Gasteiger partial charge in [-0.15, -0.1) is 0 Å². The van der Waals surface area contributed by atoms with Gasteiger partial charge >= 0.3 is 5.63 Å². The number of fused-ring (bicyclic) bond motifs is 1. The Morgan fingerprint density at radius 1 is 1.32 bits per heavy atom. The molecule has 0 fully saturated rings. The second-order valence-electron chi connectivity index (χ2n) is 5.15. The molecule has 0 saturated heterocycles. The van der Waals surface area contributed by atoms with Gasteiger partial charge in [0, 0.05) is 23.9 Å². The molecule has 0 aliphatic carbocycles. The van der Waals surface area contributed by atoms with Crippen LogP contribution in [0.1, 0.15) is 19.4 Å². The van der Waals surface area contributed by atoms with Crippen molar-refractivity contribution >= 4 is 11.0 Å². The quantitative estimate of drug-likeness (QED) is 0.724. The van der Waals surface area contributed by atoms with E-state index < -0.39 is 17.3 Å². The minimum Gasteiger partial charge on any atom is -0.508 e. The molecule has 0 spiro atoms. The molecule has 2 rings (SSSR count). The van der Waals surface area contributed by atoms with E-state index in [0.29, 0.717) is 10.9 Å². The zero-order valence-electron chi connectivity index (χ0n) is 10.8. The van der Waals surface area contributed by atoms with Gasteiger partial charge in [-0.2, -0.15) is 0 Å². The molecule has 1 heterocycles. The van der Waals surface area contributed by atoms with Gasteiger partial charge in [0.1, 0.15) is 11.3 Å². The van der Waals surface area contributed by atoms with Gasteiger partial charge < -0.3 is 19.7 Å². The molecule has 0 aliphatic heterocycles. The van der Waals surface area contributed by atoms with Crippen LogP contribution in [-0.4, -0.2) is 27.0 Å². The van der Waals surface area contributed by atoms with Crippen LogP contribution in [0.15, 0.2) is 33.5 Å². The predicted octanol–water partition coefficient (Wildman–Crippen LogP) is 1.17. The van der Waals surface area contributed by atoms with Crippen LogP contribution in [0, 0.1) is 0 Å². The molecule has 1 aromatic heterocycles. The van der Waals surface area contributed by atoms with Crippen LogP contribution >= 0.6 is 0 Å². The first-order valence-corrected chi connectivity index (χ1v) is 5.93. The number of hydrogen-bond acceptors (Lipinski definition) is 5. The van der Waals surface area contributed by atoms with Crippen molar-refractivity contribution in [3.8, 4) is 5.75 Å². The van der Waals surface area contributed by atoms with Crippen LogP contribution in [0.5, 0.6) is 5.75 Å². The highest BCUT2D eigenvalue weighted by Crippen LogP contribution is 2.26. The van der Waals surface area contributed by atoms with Crippen molar-refractivity contribution in [1.82, 2.24) is 0 Å². The average molecular weight is 264 g/mol. The molecule has 102 valence electrons. The van der Waals surface area contributed by atoms with Crippen molar-refractivity contribution in [1.29, 1.82) is 0 Å². The second kappa shape index (κ2) is 4.68. The Bertz CT molecular complexity index is 651. The van der Waals surface area contributed by atoms with Crippen LogP contribution in [0.2, 0.25) is 0 Å². The lowest BCUT2D eigenvalue weighted by Gasteiger charge is -2.24. The lowest BCUT2D eigenvalue weighted by Crippen LogP contribution is -2.37. The van der Waals surface area contributed by atoms with Crippen molar-refractivity contribution in [3.05, 3.63) is 40.2 Å². The number of hydrogen-bond donors (Lipinski definition) is 3. The predicted molar refractivity (Wildman–Crippen MR) is 70.2 cm³/mol. The average Bonchev–Trinajstić information content (AvgIpc) is 2.29. The third-order valence-corrected chi connectivity index (χ3v) is 3.05. The first-order valence-electron chi connectivity index (χ1n) is 5.93. The summed E-state index contributed by atoms with van der Waals surface area (Å²) in [6.07, 6.45) is -0.906. The summed E-state index contributed by atoms with van der Waals surface area (Å²) >= 11 is 0. The first kappa shape index (κ1) is 13.6. The number of phenols is 1. The highest BCUT2D eigenvalue weighted by Gasteiger charge is 2.25. The third-order valence-electron chi connectivity index (χ3n) is 3.05. The zero-order valence-corrected chi connectivity index (χ0v) is 10.8.